The van der Waals surface area contributed by atoms with Crippen molar-refractivity contribution in [1.29, 1.82) is 0 Å². The topological polar surface area (TPSA) is 29.5 Å². The predicted molar refractivity (Wildman–Crippen MR) is 237 cm³/mol. The normalized spacial score (nSPS) is 11.5. The lowest BCUT2D eigenvalue weighted by atomic mass is 9.94. The van der Waals surface area contributed by atoms with Crippen molar-refractivity contribution in [3.05, 3.63) is 212 Å². The summed E-state index contributed by atoms with van der Waals surface area (Å²) in [6.07, 6.45) is 0. The summed E-state index contributed by atoms with van der Waals surface area (Å²) < 4.78 is 13.7. The summed E-state index contributed by atoms with van der Waals surface area (Å²) in [4.78, 5) is 2.34. The van der Waals surface area contributed by atoms with Crippen LogP contribution in [0.15, 0.2) is 221 Å². The molecule has 3 heteroatoms. The molecule has 0 aliphatic rings. The minimum atomic E-state index is 0.823. The fourth-order valence-corrected chi connectivity index (χ4v) is 8.41. The smallest absolute Gasteiger partial charge is 0.159 e. The van der Waals surface area contributed by atoms with Crippen molar-refractivity contribution in [2.75, 3.05) is 4.90 Å². The van der Waals surface area contributed by atoms with Gasteiger partial charge in [-0.3, -0.25) is 0 Å². The van der Waals surface area contributed by atoms with Crippen LogP contribution < -0.4 is 4.90 Å². The van der Waals surface area contributed by atoms with Gasteiger partial charge in [0.05, 0.1) is 16.8 Å². The molecule has 0 aliphatic heterocycles. The second-order valence-electron chi connectivity index (χ2n) is 14.4. The molecule has 0 fully saturated rings. The Morgan fingerprint density at radius 3 is 1.58 bits per heavy atom. The van der Waals surface area contributed by atoms with Crippen molar-refractivity contribution in [2.45, 2.75) is 0 Å². The highest BCUT2D eigenvalue weighted by atomic mass is 16.3. The standard InChI is InChI=1S/C54H35NO2/c1-4-15-36(16-5-1)40-29-32-45-46-24-14-25-49(53(46)57-51(45)35-40)55(41-30-27-39(28-31-41)43-22-11-10-21-42(43)37-17-6-2-7-18-37)48-34-33-44(38-19-8-3-9-20-38)54-52(48)47-23-12-13-26-50(47)56-54/h1-35H. The first-order valence-electron chi connectivity index (χ1n) is 19.3. The molecule has 0 spiro atoms. The summed E-state index contributed by atoms with van der Waals surface area (Å²) in [7, 11) is 0. The van der Waals surface area contributed by atoms with Crippen molar-refractivity contribution >= 4 is 60.9 Å². The van der Waals surface area contributed by atoms with Gasteiger partial charge >= 0.3 is 0 Å². The number of anilines is 3. The van der Waals surface area contributed by atoms with Crippen molar-refractivity contribution in [3.63, 3.8) is 0 Å². The SMILES string of the molecule is c1ccc(-c2ccc3c(c2)oc2c(N(c4ccc(-c5ccccc5-c5ccccc5)cc4)c4ccc(-c5ccccc5)c5oc6ccccc6c45)cccc23)cc1. The molecule has 0 bridgehead atoms. The van der Waals surface area contributed by atoms with E-state index in [-0.39, 0.29) is 0 Å². The van der Waals surface area contributed by atoms with Crippen LogP contribution in [0.25, 0.3) is 88.4 Å². The lowest BCUT2D eigenvalue weighted by Gasteiger charge is -2.27. The second-order valence-corrected chi connectivity index (χ2v) is 14.4. The van der Waals surface area contributed by atoms with Crippen molar-refractivity contribution in [2.24, 2.45) is 0 Å². The van der Waals surface area contributed by atoms with E-state index in [1.54, 1.807) is 0 Å². The molecule has 0 saturated heterocycles. The third-order valence-electron chi connectivity index (χ3n) is 11.1. The fourth-order valence-electron chi connectivity index (χ4n) is 8.41. The van der Waals surface area contributed by atoms with Crippen LogP contribution in [0.2, 0.25) is 0 Å². The Bertz CT molecular complexity index is 3220. The van der Waals surface area contributed by atoms with E-state index in [9.17, 15) is 0 Å². The molecule has 0 unspecified atom stereocenters. The maximum atomic E-state index is 6.94. The van der Waals surface area contributed by atoms with E-state index >= 15 is 0 Å². The molecule has 2 heterocycles. The number of fused-ring (bicyclic) bond motifs is 6. The summed E-state index contributed by atoms with van der Waals surface area (Å²) in [5.41, 5.74) is 15.5. The van der Waals surface area contributed by atoms with Gasteiger partial charge in [-0.2, -0.15) is 0 Å². The van der Waals surface area contributed by atoms with Gasteiger partial charge in [0.1, 0.15) is 16.7 Å². The fraction of sp³-hybridized carbons (Fsp3) is 0. The second kappa shape index (κ2) is 13.6. The third-order valence-corrected chi connectivity index (χ3v) is 11.1. The Labute approximate surface area is 330 Å². The van der Waals surface area contributed by atoms with Gasteiger partial charge in [-0.15, -0.1) is 0 Å². The molecule has 0 saturated carbocycles. The molecule has 9 aromatic carbocycles. The molecule has 0 amide bonds. The molecular weight excluding hydrogens is 695 g/mol. The van der Waals surface area contributed by atoms with Crippen LogP contribution in [-0.2, 0) is 0 Å². The van der Waals surface area contributed by atoms with Crippen molar-refractivity contribution in [1.82, 2.24) is 0 Å². The highest BCUT2D eigenvalue weighted by Gasteiger charge is 2.25. The molecule has 3 nitrogen and oxygen atoms in total. The van der Waals surface area contributed by atoms with Crippen LogP contribution in [0.5, 0.6) is 0 Å². The maximum Gasteiger partial charge on any atom is 0.159 e. The lowest BCUT2D eigenvalue weighted by molar-refractivity contribution is 0.668. The van der Waals surface area contributed by atoms with E-state index in [2.05, 4.69) is 199 Å². The van der Waals surface area contributed by atoms with Gasteiger partial charge in [0.2, 0.25) is 0 Å². The first kappa shape index (κ1) is 32.8. The molecular formula is C54H35NO2. The minimum absolute atomic E-state index is 0.823. The number of hydrogen-bond donors (Lipinski definition) is 0. The van der Waals surface area contributed by atoms with Crippen LogP contribution in [0.3, 0.4) is 0 Å². The van der Waals surface area contributed by atoms with Crippen LogP contribution in [0, 0.1) is 0 Å². The summed E-state index contributed by atoms with van der Waals surface area (Å²) in [6.45, 7) is 0. The number of rotatable bonds is 7. The number of para-hydroxylation sites is 2. The molecule has 11 aromatic rings. The van der Waals surface area contributed by atoms with Gasteiger partial charge in [-0.1, -0.05) is 164 Å². The van der Waals surface area contributed by atoms with Gasteiger partial charge < -0.3 is 13.7 Å². The zero-order valence-corrected chi connectivity index (χ0v) is 31.0. The minimum Gasteiger partial charge on any atom is -0.455 e. The summed E-state index contributed by atoms with van der Waals surface area (Å²) in [5.74, 6) is 0. The summed E-state index contributed by atoms with van der Waals surface area (Å²) in [5, 5.41) is 4.25. The number of hydrogen-bond acceptors (Lipinski definition) is 3. The predicted octanol–water partition coefficient (Wildman–Crippen LogP) is 15.6. The summed E-state index contributed by atoms with van der Waals surface area (Å²) in [6, 6.07) is 74.9. The quantitative estimate of drug-likeness (QED) is 0.164. The van der Waals surface area contributed by atoms with Gasteiger partial charge in [0.15, 0.2) is 5.58 Å². The average molecular weight is 730 g/mol. The van der Waals surface area contributed by atoms with Crippen molar-refractivity contribution in [3.8, 4) is 44.5 Å². The van der Waals surface area contributed by atoms with Gasteiger partial charge in [0, 0.05) is 27.4 Å². The number of furan rings is 2. The Balaban J connectivity index is 1.15. The first-order valence-corrected chi connectivity index (χ1v) is 19.3. The van der Waals surface area contributed by atoms with Crippen molar-refractivity contribution < 1.29 is 8.83 Å². The van der Waals surface area contributed by atoms with Crippen LogP contribution >= 0.6 is 0 Å². The molecule has 0 atom stereocenters. The molecule has 0 aliphatic carbocycles. The molecule has 0 N–H and O–H groups in total. The van der Waals surface area contributed by atoms with E-state index in [1.165, 1.54) is 16.7 Å². The highest BCUT2D eigenvalue weighted by Crippen LogP contribution is 2.49. The molecule has 2 aromatic heterocycles. The van der Waals surface area contributed by atoms with Gasteiger partial charge in [-0.05, 0) is 87.5 Å². The highest BCUT2D eigenvalue weighted by molar-refractivity contribution is 6.19. The van der Waals surface area contributed by atoms with E-state index < -0.39 is 0 Å². The zero-order chi connectivity index (χ0) is 37.7. The van der Waals surface area contributed by atoms with E-state index in [1.807, 2.05) is 18.2 Å². The Morgan fingerprint density at radius 2 is 0.860 bits per heavy atom. The van der Waals surface area contributed by atoms with Gasteiger partial charge in [-0.25, -0.2) is 0 Å². The number of nitrogens with zero attached hydrogens (tertiary/aromatic N) is 1. The largest absolute Gasteiger partial charge is 0.455 e. The maximum absolute atomic E-state index is 6.94. The molecule has 57 heavy (non-hydrogen) atoms. The molecule has 268 valence electrons. The first-order chi connectivity index (χ1) is 28.3. The Kier molecular flexibility index (Phi) is 7.82. The molecule has 0 radical (unpaired) electrons. The van der Waals surface area contributed by atoms with E-state index in [0.29, 0.717) is 0 Å². The zero-order valence-electron chi connectivity index (χ0n) is 31.0. The monoisotopic (exact) mass is 729 g/mol. The van der Waals surface area contributed by atoms with Gasteiger partial charge in [0.25, 0.3) is 0 Å². The van der Waals surface area contributed by atoms with Crippen LogP contribution in [0.1, 0.15) is 0 Å². The van der Waals surface area contributed by atoms with Crippen LogP contribution in [0.4, 0.5) is 17.1 Å². The van der Waals surface area contributed by atoms with E-state index in [4.69, 9.17) is 8.83 Å². The summed E-state index contributed by atoms with van der Waals surface area (Å²) >= 11 is 0. The Morgan fingerprint density at radius 1 is 0.298 bits per heavy atom. The third kappa shape index (κ3) is 5.60. The Hall–Kier alpha value is -7.62. The molecule has 11 rings (SSSR count). The van der Waals surface area contributed by atoms with E-state index in [0.717, 1.165) is 88.8 Å². The average Bonchev–Trinajstić information content (AvgIpc) is 3.87. The lowest BCUT2D eigenvalue weighted by Crippen LogP contribution is -2.11. The van der Waals surface area contributed by atoms with Crippen LogP contribution in [-0.4, -0.2) is 0 Å². The number of benzene rings is 9.